The Morgan fingerprint density at radius 2 is 2.18 bits per heavy atom. The molecular weight excluding hydrogens is 145 g/mol. The van der Waals surface area contributed by atoms with Crippen LogP contribution in [0.2, 0.25) is 0 Å². The van der Waals surface area contributed by atoms with Gasteiger partial charge in [-0.05, 0) is 5.92 Å². The molecule has 0 aromatic carbocycles. The predicted molar refractivity (Wildman–Crippen MR) is 40.4 cm³/mol. The Labute approximate surface area is 65.2 Å². The molecule has 0 saturated heterocycles. The quantitative estimate of drug-likeness (QED) is 0.713. The number of rotatable bonds is 2. The molecule has 2 nitrogen and oxygen atoms in total. The van der Waals surface area contributed by atoms with Crippen LogP contribution in [0.15, 0.2) is 16.7 Å². The number of hydrogen-bond donors (Lipinski definition) is 1. The normalized spacial score (nSPS) is 13.9. The summed E-state index contributed by atoms with van der Waals surface area (Å²) in [6.45, 7) is 3.85. The van der Waals surface area contributed by atoms with Gasteiger partial charge < -0.3 is 10.2 Å². The van der Waals surface area contributed by atoms with Crippen LogP contribution in [0, 0.1) is 11.7 Å². The maximum absolute atomic E-state index is 12.8. The predicted octanol–water partition coefficient (Wildman–Crippen LogP) is 2.07. The van der Waals surface area contributed by atoms with Crippen molar-refractivity contribution in [1.82, 2.24) is 0 Å². The van der Waals surface area contributed by atoms with Gasteiger partial charge in [-0.15, -0.1) is 0 Å². The fraction of sp³-hybridized carbons (Fsp3) is 0.500. The van der Waals surface area contributed by atoms with Gasteiger partial charge in [0.15, 0.2) is 11.6 Å². The van der Waals surface area contributed by atoms with E-state index in [1.165, 1.54) is 12.3 Å². The summed E-state index contributed by atoms with van der Waals surface area (Å²) in [5, 5.41) is 0. The standard InChI is InChI=1S/C8H12FNO/c1-5(2)7(10)8-6(9)3-4-11-8/h3-5,7H,10H2,1-2H3. The van der Waals surface area contributed by atoms with Crippen molar-refractivity contribution in [3.63, 3.8) is 0 Å². The molecule has 3 heteroatoms. The van der Waals surface area contributed by atoms with Crippen LogP contribution in [0.5, 0.6) is 0 Å². The van der Waals surface area contributed by atoms with Crippen molar-refractivity contribution >= 4 is 0 Å². The van der Waals surface area contributed by atoms with E-state index in [2.05, 4.69) is 0 Å². The van der Waals surface area contributed by atoms with Gasteiger partial charge in [0.1, 0.15) is 0 Å². The molecule has 11 heavy (non-hydrogen) atoms. The molecule has 2 N–H and O–H groups in total. The fourth-order valence-electron chi connectivity index (χ4n) is 0.846. The van der Waals surface area contributed by atoms with Gasteiger partial charge in [0.2, 0.25) is 0 Å². The monoisotopic (exact) mass is 157 g/mol. The summed E-state index contributed by atoms with van der Waals surface area (Å²) < 4.78 is 17.7. The van der Waals surface area contributed by atoms with E-state index >= 15 is 0 Å². The van der Waals surface area contributed by atoms with Gasteiger partial charge in [-0.1, -0.05) is 13.8 Å². The van der Waals surface area contributed by atoms with Gasteiger partial charge in [-0.3, -0.25) is 0 Å². The molecule has 62 valence electrons. The third-order valence-corrected chi connectivity index (χ3v) is 1.67. The van der Waals surface area contributed by atoms with Gasteiger partial charge in [-0.25, -0.2) is 4.39 Å². The second-order valence-electron chi connectivity index (χ2n) is 2.90. The molecule has 1 aromatic rings. The van der Waals surface area contributed by atoms with Crippen LogP contribution in [0.4, 0.5) is 4.39 Å². The summed E-state index contributed by atoms with van der Waals surface area (Å²) in [6.07, 6.45) is 1.31. The molecule has 0 saturated carbocycles. The third kappa shape index (κ3) is 1.60. The maximum atomic E-state index is 12.8. The zero-order valence-corrected chi connectivity index (χ0v) is 6.67. The number of nitrogens with two attached hydrogens (primary N) is 1. The maximum Gasteiger partial charge on any atom is 0.166 e. The highest BCUT2D eigenvalue weighted by atomic mass is 19.1. The second kappa shape index (κ2) is 3.05. The van der Waals surface area contributed by atoms with Gasteiger partial charge in [0, 0.05) is 6.07 Å². The van der Waals surface area contributed by atoms with Crippen molar-refractivity contribution in [3.8, 4) is 0 Å². The Morgan fingerprint density at radius 3 is 2.55 bits per heavy atom. The van der Waals surface area contributed by atoms with Gasteiger partial charge in [0.25, 0.3) is 0 Å². The lowest BCUT2D eigenvalue weighted by atomic mass is 10.0. The van der Waals surface area contributed by atoms with E-state index < -0.39 is 0 Å². The van der Waals surface area contributed by atoms with Gasteiger partial charge in [0.05, 0.1) is 12.3 Å². The first-order valence-corrected chi connectivity index (χ1v) is 3.61. The van der Waals surface area contributed by atoms with E-state index in [0.717, 1.165) is 0 Å². The number of furan rings is 1. The first-order chi connectivity index (χ1) is 5.13. The fourth-order valence-corrected chi connectivity index (χ4v) is 0.846. The Kier molecular flexibility index (Phi) is 2.29. The minimum absolute atomic E-state index is 0.190. The summed E-state index contributed by atoms with van der Waals surface area (Å²) in [7, 11) is 0. The van der Waals surface area contributed by atoms with Crippen molar-refractivity contribution in [2.45, 2.75) is 19.9 Å². The molecule has 0 aliphatic carbocycles. The summed E-state index contributed by atoms with van der Waals surface area (Å²) in [5.41, 5.74) is 5.65. The summed E-state index contributed by atoms with van der Waals surface area (Å²) in [6, 6.07) is 0.933. The molecule has 0 fully saturated rings. The average molecular weight is 157 g/mol. The highest BCUT2D eigenvalue weighted by Crippen LogP contribution is 2.21. The molecule has 1 unspecified atom stereocenters. The van der Waals surface area contributed by atoms with Crippen molar-refractivity contribution < 1.29 is 8.81 Å². The minimum Gasteiger partial charge on any atom is -0.465 e. The summed E-state index contributed by atoms with van der Waals surface area (Å²) in [5.74, 6) is 0.0850. The highest BCUT2D eigenvalue weighted by Gasteiger charge is 2.17. The van der Waals surface area contributed by atoms with Crippen molar-refractivity contribution in [2.24, 2.45) is 11.7 Å². The lowest BCUT2D eigenvalue weighted by molar-refractivity contribution is 0.379. The summed E-state index contributed by atoms with van der Waals surface area (Å²) in [4.78, 5) is 0. The molecule has 1 atom stereocenters. The molecule has 0 aliphatic heterocycles. The van der Waals surface area contributed by atoms with E-state index in [1.807, 2.05) is 13.8 Å². The molecule has 0 aliphatic rings. The Hall–Kier alpha value is -0.830. The Bertz CT molecular complexity index is 232. The first kappa shape index (κ1) is 8.27. The SMILES string of the molecule is CC(C)C(N)c1occc1F. The minimum atomic E-state index is -0.355. The van der Waals surface area contributed by atoms with Gasteiger partial charge >= 0.3 is 0 Å². The average Bonchev–Trinajstić information content (AvgIpc) is 2.33. The van der Waals surface area contributed by atoms with E-state index in [9.17, 15) is 4.39 Å². The first-order valence-electron chi connectivity index (χ1n) is 3.61. The van der Waals surface area contributed by atoms with Crippen molar-refractivity contribution in [3.05, 3.63) is 23.9 Å². The van der Waals surface area contributed by atoms with Crippen LogP contribution in [-0.2, 0) is 0 Å². The lowest BCUT2D eigenvalue weighted by Gasteiger charge is -2.11. The molecule has 0 spiro atoms. The smallest absolute Gasteiger partial charge is 0.166 e. The second-order valence-corrected chi connectivity index (χ2v) is 2.90. The van der Waals surface area contributed by atoms with Crippen LogP contribution in [0.3, 0.4) is 0 Å². The molecular formula is C8H12FNO. The molecule has 1 heterocycles. The van der Waals surface area contributed by atoms with E-state index in [1.54, 1.807) is 0 Å². The zero-order chi connectivity index (χ0) is 8.43. The zero-order valence-electron chi connectivity index (χ0n) is 6.67. The van der Waals surface area contributed by atoms with Crippen LogP contribution < -0.4 is 5.73 Å². The molecule has 1 rings (SSSR count). The third-order valence-electron chi connectivity index (χ3n) is 1.67. The summed E-state index contributed by atoms with van der Waals surface area (Å²) >= 11 is 0. The van der Waals surface area contributed by atoms with Crippen LogP contribution in [0.25, 0.3) is 0 Å². The van der Waals surface area contributed by atoms with Crippen molar-refractivity contribution in [2.75, 3.05) is 0 Å². The van der Waals surface area contributed by atoms with Crippen molar-refractivity contribution in [1.29, 1.82) is 0 Å². The number of hydrogen-bond acceptors (Lipinski definition) is 2. The Balaban J connectivity index is 2.84. The van der Waals surface area contributed by atoms with E-state index in [0.29, 0.717) is 0 Å². The van der Waals surface area contributed by atoms with Crippen LogP contribution in [0.1, 0.15) is 25.6 Å². The lowest BCUT2D eigenvalue weighted by Crippen LogP contribution is -2.16. The topological polar surface area (TPSA) is 39.2 Å². The molecule has 0 bridgehead atoms. The van der Waals surface area contributed by atoms with E-state index in [4.69, 9.17) is 10.2 Å². The van der Waals surface area contributed by atoms with Gasteiger partial charge in [-0.2, -0.15) is 0 Å². The largest absolute Gasteiger partial charge is 0.465 e. The number of halogens is 1. The van der Waals surface area contributed by atoms with E-state index in [-0.39, 0.29) is 23.5 Å². The molecule has 1 aromatic heterocycles. The van der Waals surface area contributed by atoms with Crippen LogP contribution >= 0.6 is 0 Å². The van der Waals surface area contributed by atoms with Crippen LogP contribution in [-0.4, -0.2) is 0 Å². The molecule has 0 radical (unpaired) electrons. The Morgan fingerprint density at radius 1 is 1.55 bits per heavy atom. The highest BCUT2D eigenvalue weighted by molar-refractivity contribution is 5.07. The molecule has 0 amide bonds.